The molecule has 0 aliphatic rings. The second-order valence-electron chi connectivity index (χ2n) is 5.55. The molecule has 0 heterocycles. The Labute approximate surface area is 169 Å². The van der Waals surface area contributed by atoms with Crippen LogP contribution in [0.25, 0.3) is 0 Å². The van der Waals surface area contributed by atoms with Crippen molar-refractivity contribution in [1.29, 1.82) is 0 Å². The van der Waals surface area contributed by atoms with E-state index in [1.807, 2.05) is 51.1 Å². The number of carbonyl (C=O) groups is 1. The van der Waals surface area contributed by atoms with E-state index in [0.29, 0.717) is 5.56 Å². The van der Waals surface area contributed by atoms with E-state index in [-0.39, 0.29) is 12.0 Å². The van der Waals surface area contributed by atoms with Crippen molar-refractivity contribution in [3.8, 4) is 5.75 Å². The van der Waals surface area contributed by atoms with Crippen LogP contribution in [0.3, 0.4) is 0 Å². The fourth-order valence-corrected chi connectivity index (χ4v) is 4.09. The smallest absolute Gasteiger partial charge is 0.271 e. The molecule has 0 bridgehead atoms. The first kappa shape index (κ1) is 19.2. The van der Waals surface area contributed by atoms with Gasteiger partial charge in [0.15, 0.2) is 0 Å². The topological polar surface area (TPSA) is 50.7 Å². The maximum Gasteiger partial charge on any atom is 0.271 e. The zero-order valence-corrected chi connectivity index (χ0v) is 18.0. The van der Waals surface area contributed by atoms with Gasteiger partial charge < -0.3 is 4.74 Å². The Morgan fingerprint density at radius 1 is 1.21 bits per heavy atom. The molecule has 2 rings (SSSR count). The quantitative estimate of drug-likeness (QED) is 0.333. The van der Waals surface area contributed by atoms with Crippen molar-refractivity contribution in [2.45, 2.75) is 26.9 Å². The van der Waals surface area contributed by atoms with Gasteiger partial charge in [-0.15, -0.1) is 0 Å². The first-order chi connectivity index (χ1) is 11.4. The molecule has 0 radical (unpaired) electrons. The fourth-order valence-electron chi connectivity index (χ4n) is 2.02. The Hall–Kier alpha value is -1.16. The number of amides is 1. The van der Waals surface area contributed by atoms with Gasteiger partial charge in [0.25, 0.3) is 5.91 Å². The summed E-state index contributed by atoms with van der Waals surface area (Å²) < 4.78 is 7.84. The third-order valence-electron chi connectivity index (χ3n) is 3.03. The van der Waals surface area contributed by atoms with Crippen LogP contribution < -0.4 is 10.2 Å². The summed E-state index contributed by atoms with van der Waals surface area (Å²) in [5, 5.41) is 4.05. The average Bonchev–Trinajstić information content (AvgIpc) is 2.50. The lowest BCUT2D eigenvalue weighted by Gasteiger charge is -2.14. The summed E-state index contributed by atoms with van der Waals surface area (Å²) in [5.74, 6) is 0.659. The number of nitrogens with one attached hydrogen (secondary N) is 1. The molecule has 0 saturated heterocycles. The minimum atomic E-state index is -0.223. The Bertz CT molecular complexity index is 750. The van der Waals surface area contributed by atoms with Crippen molar-refractivity contribution >= 4 is 57.3 Å². The molecule has 1 amide bonds. The second-order valence-corrected chi connectivity index (χ2v) is 7.87. The van der Waals surface area contributed by atoms with Gasteiger partial charge in [0.1, 0.15) is 5.75 Å². The Morgan fingerprint density at radius 3 is 2.46 bits per heavy atom. The maximum absolute atomic E-state index is 12.0. The summed E-state index contributed by atoms with van der Waals surface area (Å²) in [5.41, 5.74) is 5.09. The molecular formula is C18H18I2N2O2. The van der Waals surface area contributed by atoms with E-state index in [2.05, 4.69) is 55.7 Å². The molecular weight excluding hydrogens is 530 g/mol. The second kappa shape index (κ2) is 8.80. The van der Waals surface area contributed by atoms with Gasteiger partial charge in [0.05, 0.1) is 19.5 Å². The summed E-state index contributed by atoms with van der Waals surface area (Å²) in [4.78, 5) is 12.0. The molecule has 24 heavy (non-hydrogen) atoms. The lowest BCUT2D eigenvalue weighted by molar-refractivity contribution is 0.0955. The van der Waals surface area contributed by atoms with Crippen molar-refractivity contribution in [2.75, 3.05) is 0 Å². The van der Waals surface area contributed by atoms with Crippen LogP contribution in [0.2, 0.25) is 0 Å². The van der Waals surface area contributed by atoms with E-state index < -0.39 is 0 Å². The molecule has 0 aliphatic heterocycles. The molecule has 0 spiro atoms. The Balaban J connectivity index is 2.08. The van der Waals surface area contributed by atoms with Gasteiger partial charge in [0, 0.05) is 5.56 Å². The molecule has 6 heteroatoms. The molecule has 2 aromatic rings. The van der Waals surface area contributed by atoms with Crippen LogP contribution in [0.15, 0.2) is 41.5 Å². The van der Waals surface area contributed by atoms with E-state index in [4.69, 9.17) is 4.74 Å². The largest absolute Gasteiger partial charge is 0.489 e. The number of benzene rings is 2. The molecule has 0 fully saturated rings. The predicted octanol–water partition coefficient (Wildman–Crippen LogP) is 4.76. The molecule has 2 aromatic carbocycles. The van der Waals surface area contributed by atoms with E-state index in [1.54, 1.807) is 12.3 Å². The van der Waals surface area contributed by atoms with Gasteiger partial charge in [-0.05, 0) is 95.8 Å². The molecule has 0 saturated carbocycles. The summed E-state index contributed by atoms with van der Waals surface area (Å²) in [6.07, 6.45) is 1.76. The standard InChI is InChI=1S/C18H18I2N2O2/c1-11(2)24-17-15(19)8-13(9-16(17)20)10-21-22-18(23)14-6-4-5-12(3)7-14/h4-11H,1-3H3,(H,22,23)/b21-10-. The van der Waals surface area contributed by atoms with Crippen molar-refractivity contribution in [1.82, 2.24) is 5.43 Å². The number of hydrogen-bond donors (Lipinski definition) is 1. The fraction of sp³-hybridized carbons (Fsp3) is 0.222. The van der Waals surface area contributed by atoms with Crippen LogP contribution in [-0.2, 0) is 0 Å². The third-order valence-corrected chi connectivity index (χ3v) is 4.64. The summed E-state index contributed by atoms with van der Waals surface area (Å²) in [6, 6.07) is 11.3. The first-order valence-electron chi connectivity index (χ1n) is 7.42. The Kier molecular flexibility index (Phi) is 7.02. The monoisotopic (exact) mass is 548 g/mol. The van der Waals surface area contributed by atoms with Gasteiger partial charge >= 0.3 is 0 Å². The molecule has 0 aliphatic carbocycles. The van der Waals surface area contributed by atoms with Gasteiger partial charge in [0.2, 0.25) is 0 Å². The van der Waals surface area contributed by atoms with Crippen LogP contribution in [-0.4, -0.2) is 18.2 Å². The lowest BCUT2D eigenvalue weighted by Crippen LogP contribution is -2.17. The highest BCUT2D eigenvalue weighted by Gasteiger charge is 2.10. The predicted molar refractivity (Wildman–Crippen MR) is 114 cm³/mol. The molecule has 4 nitrogen and oxygen atoms in total. The maximum atomic E-state index is 12.0. The highest BCUT2D eigenvalue weighted by Crippen LogP contribution is 2.29. The number of halogens is 2. The van der Waals surface area contributed by atoms with Crippen molar-refractivity contribution in [3.05, 3.63) is 60.2 Å². The number of nitrogens with zero attached hydrogens (tertiary/aromatic N) is 1. The average molecular weight is 548 g/mol. The number of carbonyl (C=O) groups excluding carboxylic acids is 1. The van der Waals surface area contributed by atoms with Gasteiger partial charge in [-0.25, -0.2) is 5.43 Å². The lowest BCUT2D eigenvalue weighted by atomic mass is 10.1. The van der Waals surface area contributed by atoms with E-state index in [9.17, 15) is 4.79 Å². The first-order valence-corrected chi connectivity index (χ1v) is 9.58. The zero-order chi connectivity index (χ0) is 17.7. The van der Waals surface area contributed by atoms with E-state index >= 15 is 0 Å². The minimum absolute atomic E-state index is 0.125. The summed E-state index contributed by atoms with van der Waals surface area (Å²) >= 11 is 4.49. The van der Waals surface area contributed by atoms with Crippen LogP contribution in [0.4, 0.5) is 0 Å². The van der Waals surface area contributed by atoms with Gasteiger partial charge in [-0.1, -0.05) is 17.7 Å². The van der Waals surface area contributed by atoms with Crippen LogP contribution in [0, 0.1) is 14.1 Å². The molecule has 0 unspecified atom stereocenters. The SMILES string of the molecule is Cc1cccc(C(=O)N/N=C\c2cc(I)c(OC(C)C)c(I)c2)c1. The molecule has 0 aromatic heterocycles. The summed E-state index contributed by atoms with van der Waals surface area (Å²) in [6.45, 7) is 5.95. The van der Waals surface area contributed by atoms with Crippen molar-refractivity contribution in [2.24, 2.45) is 5.10 Å². The third kappa shape index (κ3) is 5.44. The number of ether oxygens (including phenoxy) is 1. The number of hydrogen-bond acceptors (Lipinski definition) is 3. The number of aryl methyl sites for hydroxylation is 1. The van der Waals surface area contributed by atoms with E-state index in [1.165, 1.54) is 0 Å². The molecule has 1 N–H and O–H groups in total. The summed E-state index contributed by atoms with van der Waals surface area (Å²) in [7, 11) is 0. The van der Waals surface area contributed by atoms with Crippen molar-refractivity contribution in [3.63, 3.8) is 0 Å². The van der Waals surface area contributed by atoms with Crippen molar-refractivity contribution < 1.29 is 9.53 Å². The van der Waals surface area contributed by atoms with Crippen LogP contribution >= 0.6 is 45.2 Å². The van der Waals surface area contributed by atoms with Gasteiger partial charge in [-0.2, -0.15) is 5.10 Å². The molecule has 126 valence electrons. The normalized spacial score (nSPS) is 11.1. The van der Waals surface area contributed by atoms with Crippen LogP contribution in [0.5, 0.6) is 5.75 Å². The number of rotatable bonds is 5. The minimum Gasteiger partial charge on any atom is -0.489 e. The zero-order valence-electron chi connectivity index (χ0n) is 13.6. The molecule has 0 atom stereocenters. The highest BCUT2D eigenvalue weighted by atomic mass is 127. The van der Waals surface area contributed by atoms with Gasteiger partial charge in [-0.3, -0.25) is 4.79 Å². The Morgan fingerprint density at radius 2 is 1.88 bits per heavy atom. The number of hydrazone groups is 1. The van der Waals surface area contributed by atoms with E-state index in [0.717, 1.165) is 24.0 Å². The highest BCUT2D eigenvalue weighted by molar-refractivity contribution is 14.1. The van der Waals surface area contributed by atoms with Crippen LogP contribution in [0.1, 0.15) is 35.3 Å².